The second-order valence-electron chi connectivity index (χ2n) is 8.96. The lowest BCUT2D eigenvalue weighted by atomic mass is 9.95. The quantitative estimate of drug-likeness (QED) is 0.527. The minimum atomic E-state index is -0.0149. The highest BCUT2D eigenvalue weighted by Crippen LogP contribution is 2.44. The van der Waals surface area contributed by atoms with Gasteiger partial charge in [-0.3, -0.25) is 9.59 Å². The number of fused-ring (bicyclic) bond motifs is 2. The molecule has 2 aliphatic carbocycles. The van der Waals surface area contributed by atoms with E-state index >= 15 is 0 Å². The molecule has 30 heavy (non-hydrogen) atoms. The predicted octanol–water partition coefficient (Wildman–Crippen LogP) is 1.74. The molecule has 0 radical (unpaired) electrons. The second-order valence-corrected chi connectivity index (χ2v) is 8.96. The van der Waals surface area contributed by atoms with Crippen LogP contribution in [0.4, 0.5) is 0 Å². The summed E-state index contributed by atoms with van der Waals surface area (Å²) in [4.78, 5) is 31.9. The van der Waals surface area contributed by atoms with E-state index in [9.17, 15) is 9.59 Å². The molecule has 1 aromatic rings. The van der Waals surface area contributed by atoms with Gasteiger partial charge in [-0.25, -0.2) is 4.99 Å². The summed E-state index contributed by atoms with van der Waals surface area (Å²) in [6, 6.07) is 8.19. The molecule has 2 aliphatic rings. The van der Waals surface area contributed by atoms with Gasteiger partial charge in [0.2, 0.25) is 5.91 Å². The van der Waals surface area contributed by atoms with Crippen molar-refractivity contribution in [3.05, 3.63) is 35.4 Å². The summed E-state index contributed by atoms with van der Waals surface area (Å²) in [6.07, 6.45) is 5.92. The third kappa shape index (κ3) is 5.74. The van der Waals surface area contributed by atoms with E-state index in [0.717, 1.165) is 23.8 Å². The van der Waals surface area contributed by atoms with Crippen LogP contribution in [0.5, 0.6) is 0 Å². The number of likely N-dealkylation sites (N-methyl/N-ethyl adjacent to an activating group) is 1. The molecule has 3 rings (SSSR count). The lowest BCUT2D eigenvalue weighted by Crippen LogP contribution is -2.46. The van der Waals surface area contributed by atoms with Crippen molar-refractivity contribution in [2.45, 2.75) is 38.1 Å². The van der Waals surface area contributed by atoms with E-state index in [0.29, 0.717) is 24.1 Å². The Kier molecular flexibility index (Phi) is 7.34. The van der Waals surface area contributed by atoms with Crippen LogP contribution in [0, 0.1) is 11.8 Å². The molecule has 3 unspecified atom stereocenters. The number of rotatable bonds is 7. The van der Waals surface area contributed by atoms with Gasteiger partial charge < -0.3 is 20.4 Å². The standard InChI is InChI=1S/C23H35N5O2/c1-27(2)21(29)15-25-23(26-20-14-17-8-9-18(20)13-17)24-11-10-16-6-5-7-19(12-16)22(30)28(3)4/h5-7,12,17-18,20H,8-11,13-15H2,1-4H3,(H2,24,25,26). The van der Waals surface area contributed by atoms with Crippen LogP contribution >= 0.6 is 0 Å². The first-order chi connectivity index (χ1) is 14.3. The molecule has 2 fully saturated rings. The zero-order chi connectivity index (χ0) is 21.7. The van der Waals surface area contributed by atoms with Crippen molar-refractivity contribution in [3.8, 4) is 0 Å². The van der Waals surface area contributed by atoms with Crippen LogP contribution in [-0.4, -0.2) is 74.9 Å². The van der Waals surface area contributed by atoms with Gasteiger partial charge in [-0.15, -0.1) is 0 Å². The Balaban J connectivity index is 1.59. The largest absolute Gasteiger partial charge is 0.356 e. The third-order valence-electron chi connectivity index (χ3n) is 6.22. The molecule has 0 aliphatic heterocycles. The molecular formula is C23H35N5O2. The van der Waals surface area contributed by atoms with E-state index in [1.54, 1.807) is 38.0 Å². The fourth-order valence-corrected chi connectivity index (χ4v) is 4.48. The van der Waals surface area contributed by atoms with Gasteiger partial charge in [0.15, 0.2) is 5.96 Å². The normalized spacial score (nSPS) is 22.7. The zero-order valence-corrected chi connectivity index (χ0v) is 18.6. The molecule has 2 N–H and O–H groups in total. The van der Waals surface area contributed by atoms with E-state index < -0.39 is 0 Å². The van der Waals surface area contributed by atoms with Crippen molar-refractivity contribution in [2.75, 3.05) is 41.3 Å². The molecule has 164 valence electrons. The maximum absolute atomic E-state index is 12.2. The van der Waals surface area contributed by atoms with Gasteiger partial charge in [0.25, 0.3) is 5.91 Å². The van der Waals surface area contributed by atoms with Crippen LogP contribution in [0.3, 0.4) is 0 Å². The molecule has 0 saturated heterocycles. The fraction of sp³-hybridized carbons (Fsp3) is 0.609. The molecule has 2 bridgehead atoms. The van der Waals surface area contributed by atoms with Crippen LogP contribution in [0.25, 0.3) is 0 Å². The Morgan fingerprint density at radius 2 is 1.90 bits per heavy atom. The van der Waals surface area contributed by atoms with Crippen molar-refractivity contribution in [2.24, 2.45) is 16.8 Å². The summed E-state index contributed by atoms with van der Waals surface area (Å²) in [5.41, 5.74) is 1.79. The highest BCUT2D eigenvalue weighted by molar-refractivity contribution is 5.94. The SMILES string of the molecule is CN(C)C(=O)CN=C(NCCc1cccc(C(=O)N(C)C)c1)NC1CC2CCC1C2. The molecule has 7 heteroatoms. The van der Waals surface area contributed by atoms with Crippen molar-refractivity contribution in [3.63, 3.8) is 0 Å². The lowest BCUT2D eigenvalue weighted by molar-refractivity contribution is -0.127. The van der Waals surface area contributed by atoms with E-state index in [4.69, 9.17) is 0 Å². The van der Waals surface area contributed by atoms with Crippen molar-refractivity contribution < 1.29 is 9.59 Å². The molecule has 7 nitrogen and oxygen atoms in total. The number of carbonyl (C=O) groups excluding carboxylic acids is 2. The van der Waals surface area contributed by atoms with Gasteiger partial charge >= 0.3 is 0 Å². The number of hydrogen-bond acceptors (Lipinski definition) is 3. The van der Waals surface area contributed by atoms with Gasteiger partial charge in [0.05, 0.1) is 0 Å². The van der Waals surface area contributed by atoms with Crippen molar-refractivity contribution in [1.29, 1.82) is 0 Å². The number of nitrogens with one attached hydrogen (secondary N) is 2. The highest BCUT2D eigenvalue weighted by Gasteiger charge is 2.39. The van der Waals surface area contributed by atoms with E-state index in [1.165, 1.54) is 25.7 Å². The Hall–Kier alpha value is -2.57. The monoisotopic (exact) mass is 413 g/mol. The minimum Gasteiger partial charge on any atom is -0.356 e. The average Bonchev–Trinajstić information content (AvgIpc) is 3.34. The van der Waals surface area contributed by atoms with Crippen LogP contribution in [-0.2, 0) is 11.2 Å². The van der Waals surface area contributed by atoms with Gasteiger partial charge in [0, 0.05) is 46.3 Å². The second kappa shape index (κ2) is 9.96. The highest BCUT2D eigenvalue weighted by atomic mass is 16.2. The van der Waals surface area contributed by atoms with Gasteiger partial charge in [-0.05, 0) is 55.2 Å². The fourth-order valence-electron chi connectivity index (χ4n) is 4.48. The first-order valence-corrected chi connectivity index (χ1v) is 10.9. The number of hydrogen-bond donors (Lipinski definition) is 2. The number of amides is 2. The van der Waals surface area contributed by atoms with Crippen LogP contribution < -0.4 is 10.6 Å². The molecule has 2 amide bonds. The summed E-state index contributed by atoms with van der Waals surface area (Å²) in [5, 5.41) is 6.97. The third-order valence-corrected chi connectivity index (χ3v) is 6.22. The van der Waals surface area contributed by atoms with Gasteiger partial charge in [-0.1, -0.05) is 18.6 Å². The molecule has 3 atom stereocenters. The predicted molar refractivity (Wildman–Crippen MR) is 120 cm³/mol. The van der Waals surface area contributed by atoms with Gasteiger partial charge in [0.1, 0.15) is 6.54 Å². The van der Waals surface area contributed by atoms with Crippen LogP contribution in [0.15, 0.2) is 29.3 Å². The van der Waals surface area contributed by atoms with Crippen LogP contribution in [0.1, 0.15) is 41.6 Å². The number of carbonyl (C=O) groups is 2. The lowest BCUT2D eigenvalue weighted by Gasteiger charge is -2.25. The number of aliphatic imine (C=N–C) groups is 1. The molecule has 0 aromatic heterocycles. The summed E-state index contributed by atoms with van der Waals surface area (Å²) in [5.74, 6) is 2.27. The first kappa shape index (κ1) is 22.1. The van der Waals surface area contributed by atoms with Gasteiger partial charge in [-0.2, -0.15) is 0 Å². The summed E-state index contributed by atoms with van der Waals surface area (Å²) in [7, 11) is 7.01. The topological polar surface area (TPSA) is 77.0 Å². The van der Waals surface area contributed by atoms with Crippen molar-refractivity contribution in [1.82, 2.24) is 20.4 Å². The van der Waals surface area contributed by atoms with E-state index in [-0.39, 0.29) is 18.4 Å². The number of benzene rings is 1. The Morgan fingerprint density at radius 3 is 2.53 bits per heavy atom. The maximum atomic E-state index is 12.2. The average molecular weight is 414 g/mol. The molecule has 0 heterocycles. The van der Waals surface area contributed by atoms with E-state index in [1.807, 2.05) is 24.3 Å². The zero-order valence-electron chi connectivity index (χ0n) is 18.6. The number of nitrogens with zero attached hydrogens (tertiary/aromatic N) is 3. The van der Waals surface area contributed by atoms with Crippen LogP contribution in [0.2, 0.25) is 0 Å². The smallest absolute Gasteiger partial charge is 0.253 e. The summed E-state index contributed by atoms with van der Waals surface area (Å²) < 4.78 is 0. The Morgan fingerprint density at radius 1 is 1.10 bits per heavy atom. The molecular weight excluding hydrogens is 378 g/mol. The first-order valence-electron chi connectivity index (χ1n) is 10.9. The number of guanidine groups is 1. The maximum Gasteiger partial charge on any atom is 0.253 e. The molecule has 2 saturated carbocycles. The minimum absolute atomic E-state index is 0.00668. The van der Waals surface area contributed by atoms with E-state index in [2.05, 4.69) is 15.6 Å². The summed E-state index contributed by atoms with van der Waals surface area (Å²) in [6.45, 7) is 0.818. The Labute approximate surface area is 179 Å². The molecule has 0 spiro atoms. The summed E-state index contributed by atoms with van der Waals surface area (Å²) >= 11 is 0. The van der Waals surface area contributed by atoms with Crippen molar-refractivity contribution >= 4 is 17.8 Å². The molecule has 1 aromatic carbocycles. The Bertz CT molecular complexity index is 790.